The lowest BCUT2D eigenvalue weighted by Gasteiger charge is -2.22. The molecule has 0 spiro atoms. The lowest BCUT2D eigenvalue weighted by molar-refractivity contribution is 0.214. The van der Waals surface area contributed by atoms with Gasteiger partial charge in [-0.25, -0.2) is 0 Å². The van der Waals surface area contributed by atoms with Crippen LogP contribution in [-0.2, 0) is 0 Å². The largest absolute Gasteiger partial charge is 0.492 e. The summed E-state index contributed by atoms with van der Waals surface area (Å²) in [5.41, 5.74) is 0. The van der Waals surface area contributed by atoms with Crippen LogP contribution in [0.15, 0.2) is 18.5 Å². The second-order valence-electron chi connectivity index (χ2n) is 3.84. The van der Waals surface area contributed by atoms with Crippen LogP contribution in [0.4, 0.5) is 0 Å². The van der Waals surface area contributed by atoms with Crippen molar-refractivity contribution in [1.29, 1.82) is 0 Å². The molecule has 1 fully saturated rings. The summed E-state index contributed by atoms with van der Waals surface area (Å²) in [4.78, 5) is 3.98. The van der Waals surface area contributed by atoms with E-state index in [1.54, 1.807) is 18.5 Å². The van der Waals surface area contributed by atoms with Crippen molar-refractivity contribution < 1.29 is 4.74 Å². The molecule has 0 aromatic carbocycles. The number of aromatic nitrogens is 1. The van der Waals surface area contributed by atoms with Gasteiger partial charge in [0.15, 0.2) is 0 Å². The molecule has 0 aliphatic carbocycles. The molecule has 3 nitrogen and oxygen atoms in total. The minimum absolute atomic E-state index is 0.623. The molecule has 0 unspecified atom stereocenters. The number of rotatable bonds is 3. The van der Waals surface area contributed by atoms with Crippen LogP contribution < -0.4 is 10.1 Å². The van der Waals surface area contributed by atoms with Gasteiger partial charge in [0.05, 0.1) is 17.8 Å². The Morgan fingerprint density at radius 3 is 2.93 bits per heavy atom. The van der Waals surface area contributed by atoms with Crippen LogP contribution in [0.5, 0.6) is 5.75 Å². The lowest BCUT2D eigenvalue weighted by Crippen LogP contribution is -2.30. The monoisotopic (exact) mass is 226 g/mol. The van der Waals surface area contributed by atoms with Gasteiger partial charge in [-0.2, -0.15) is 0 Å². The highest BCUT2D eigenvalue weighted by Crippen LogP contribution is 2.18. The second kappa shape index (κ2) is 5.33. The molecule has 0 radical (unpaired) electrons. The smallest absolute Gasteiger partial charge is 0.139 e. The molecule has 0 saturated carbocycles. The first-order chi connectivity index (χ1) is 7.34. The average molecular weight is 227 g/mol. The third-order valence-corrected chi connectivity index (χ3v) is 2.83. The zero-order valence-electron chi connectivity index (χ0n) is 8.58. The molecule has 2 heterocycles. The van der Waals surface area contributed by atoms with Crippen molar-refractivity contribution in [3.8, 4) is 5.75 Å². The summed E-state index contributed by atoms with van der Waals surface area (Å²) in [6, 6.07) is 1.80. The molecule has 15 heavy (non-hydrogen) atoms. The van der Waals surface area contributed by atoms with Crippen molar-refractivity contribution >= 4 is 11.6 Å². The summed E-state index contributed by atoms with van der Waals surface area (Å²) in [5.74, 6) is 1.42. The first kappa shape index (κ1) is 10.7. The molecular formula is C11H15ClN2O. The van der Waals surface area contributed by atoms with Crippen LogP contribution in [0.1, 0.15) is 12.8 Å². The highest BCUT2D eigenvalue weighted by Gasteiger charge is 2.13. The predicted octanol–water partition coefficient (Wildman–Crippen LogP) is 2.11. The van der Waals surface area contributed by atoms with Gasteiger partial charge in [0, 0.05) is 12.3 Å². The van der Waals surface area contributed by atoms with Crippen molar-refractivity contribution in [1.82, 2.24) is 10.3 Å². The number of nitrogens with zero attached hydrogens (tertiary/aromatic N) is 1. The summed E-state index contributed by atoms with van der Waals surface area (Å²) in [6.45, 7) is 2.97. The Hall–Kier alpha value is -0.800. The quantitative estimate of drug-likeness (QED) is 0.857. The molecular weight excluding hydrogens is 212 g/mol. The summed E-state index contributed by atoms with van der Waals surface area (Å²) in [5, 5.41) is 3.96. The van der Waals surface area contributed by atoms with Gasteiger partial charge < -0.3 is 10.1 Å². The van der Waals surface area contributed by atoms with E-state index >= 15 is 0 Å². The Balaban J connectivity index is 1.81. The molecule has 0 atom stereocenters. The highest BCUT2D eigenvalue weighted by atomic mass is 35.5. The van der Waals surface area contributed by atoms with Gasteiger partial charge in [-0.15, -0.1) is 0 Å². The van der Waals surface area contributed by atoms with E-state index in [-0.39, 0.29) is 0 Å². The molecule has 1 aromatic rings. The Morgan fingerprint density at radius 2 is 2.20 bits per heavy atom. The van der Waals surface area contributed by atoms with Crippen LogP contribution >= 0.6 is 11.6 Å². The maximum Gasteiger partial charge on any atom is 0.139 e. The van der Waals surface area contributed by atoms with E-state index in [2.05, 4.69) is 10.3 Å². The van der Waals surface area contributed by atoms with Crippen LogP contribution in [0, 0.1) is 5.92 Å². The standard InChI is InChI=1S/C11H15ClN2O/c12-10-5-11(7-14-6-10)15-8-9-1-3-13-4-2-9/h5-7,9,13H,1-4,8H2. The molecule has 1 aliphatic rings. The minimum atomic E-state index is 0.623. The van der Waals surface area contributed by atoms with Gasteiger partial charge in [0.1, 0.15) is 5.75 Å². The molecule has 1 aliphatic heterocycles. The Bertz CT molecular complexity index is 313. The normalized spacial score (nSPS) is 17.7. The van der Waals surface area contributed by atoms with Gasteiger partial charge in [0.25, 0.3) is 0 Å². The van der Waals surface area contributed by atoms with Gasteiger partial charge >= 0.3 is 0 Å². The van der Waals surface area contributed by atoms with Crippen LogP contribution in [0.2, 0.25) is 5.02 Å². The van der Waals surface area contributed by atoms with Crippen molar-refractivity contribution in [2.75, 3.05) is 19.7 Å². The zero-order chi connectivity index (χ0) is 10.5. The van der Waals surface area contributed by atoms with Crippen LogP contribution in [0.3, 0.4) is 0 Å². The summed E-state index contributed by atoms with van der Waals surface area (Å²) >= 11 is 5.81. The lowest BCUT2D eigenvalue weighted by atomic mass is 9.99. The van der Waals surface area contributed by atoms with Gasteiger partial charge in [-0.1, -0.05) is 11.6 Å². The number of hydrogen-bond acceptors (Lipinski definition) is 3. The van der Waals surface area contributed by atoms with E-state index in [0.717, 1.165) is 25.4 Å². The predicted molar refractivity (Wildman–Crippen MR) is 60.3 cm³/mol. The van der Waals surface area contributed by atoms with Gasteiger partial charge in [0.2, 0.25) is 0 Å². The summed E-state index contributed by atoms with van der Waals surface area (Å²) in [7, 11) is 0. The van der Waals surface area contributed by atoms with Crippen LogP contribution in [0.25, 0.3) is 0 Å². The topological polar surface area (TPSA) is 34.1 Å². The first-order valence-corrected chi connectivity index (χ1v) is 5.66. The summed E-state index contributed by atoms with van der Waals surface area (Å²) < 4.78 is 5.65. The van der Waals surface area contributed by atoms with Gasteiger partial charge in [-0.05, 0) is 31.8 Å². The maximum atomic E-state index is 5.81. The SMILES string of the molecule is Clc1cncc(OCC2CCNCC2)c1. The zero-order valence-corrected chi connectivity index (χ0v) is 9.33. The molecule has 1 saturated heterocycles. The Labute approximate surface area is 94.8 Å². The third-order valence-electron chi connectivity index (χ3n) is 2.62. The fourth-order valence-electron chi connectivity index (χ4n) is 1.73. The van der Waals surface area contributed by atoms with Crippen molar-refractivity contribution in [3.63, 3.8) is 0 Å². The fourth-order valence-corrected chi connectivity index (χ4v) is 1.90. The minimum Gasteiger partial charge on any atom is -0.492 e. The van der Waals surface area contributed by atoms with E-state index in [1.165, 1.54) is 12.8 Å². The Kier molecular flexibility index (Phi) is 3.80. The van der Waals surface area contributed by atoms with E-state index in [1.807, 2.05) is 0 Å². The molecule has 1 aromatic heterocycles. The number of nitrogens with one attached hydrogen (secondary N) is 1. The van der Waals surface area contributed by atoms with Crippen molar-refractivity contribution in [2.24, 2.45) is 5.92 Å². The highest BCUT2D eigenvalue weighted by molar-refractivity contribution is 6.30. The number of ether oxygens (including phenoxy) is 1. The molecule has 2 rings (SSSR count). The average Bonchev–Trinajstić information content (AvgIpc) is 2.28. The number of halogens is 1. The third kappa shape index (κ3) is 3.36. The molecule has 0 amide bonds. The number of piperidine rings is 1. The van der Waals surface area contributed by atoms with Gasteiger partial charge in [-0.3, -0.25) is 4.98 Å². The summed E-state index contributed by atoms with van der Waals surface area (Å²) in [6.07, 6.45) is 5.69. The molecule has 1 N–H and O–H groups in total. The van der Waals surface area contributed by atoms with E-state index in [4.69, 9.17) is 16.3 Å². The molecule has 0 bridgehead atoms. The first-order valence-electron chi connectivity index (χ1n) is 5.28. The number of hydrogen-bond donors (Lipinski definition) is 1. The molecule has 4 heteroatoms. The van der Waals surface area contributed by atoms with Crippen molar-refractivity contribution in [3.05, 3.63) is 23.5 Å². The second-order valence-corrected chi connectivity index (χ2v) is 4.28. The van der Waals surface area contributed by atoms with Crippen molar-refractivity contribution in [2.45, 2.75) is 12.8 Å². The van der Waals surface area contributed by atoms with E-state index < -0.39 is 0 Å². The van der Waals surface area contributed by atoms with E-state index in [9.17, 15) is 0 Å². The van der Waals surface area contributed by atoms with Crippen LogP contribution in [-0.4, -0.2) is 24.7 Å². The van der Waals surface area contributed by atoms with E-state index in [0.29, 0.717) is 10.9 Å². The Morgan fingerprint density at radius 1 is 1.40 bits per heavy atom. The maximum absolute atomic E-state index is 5.81. The fraction of sp³-hybridized carbons (Fsp3) is 0.545. The molecule has 82 valence electrons. The number of pyridine rings is 1.